The van der Waals surface area contributed by atoms with E-state index in [-0.39, 0.29) is 24.2 Å². The van der Waals surface area contributed by atoms with Gasteiger partial charge in [0.1, 0.15) is 11.7 Å². The summed E-state index contributed by atoms with van der Waals surface area (Å²) in [6.07, 6.45) is 0.120. The summed E-state index contributed by atoms with van der Waals surface area (Å²) in [7, 11) is 3.19. The van der Waals surface area contributed by atoms with Gasteiger partial charge in [0.2, 0.25) is 5.91 Å². The van der Waals surface area contributed by atoms with Crippen LogP contribution in [0.5, 0.6) is 5.75 Å². The van der Waals surface area contributed by atoms with Crippen LogP contribution in [0.4, 0.5) is 0 Å². The molecule has 1 aromatic rings. The molecule has 0 radical (unpaired) electrons. The van der Waals surface area contributed by atoms with Gasteiger partial charge in [0.05, 0.1) is 23.7 Å². The van der Waals surface area contributed by atoms with E-state index in [1.165, 1.54) is 6.07 Å². The summed E-state index contributed by atoms with van der Waals surface area (Å²) in [6.45, 7) is 0. The molecule has 0 saturated heterocycles. The smallest absolute Gasteiger partial charge is 0.230 e. The SMILES string of the molecule is CN(C)[C@H]1C(O)C(C(N)=O)C(=O)[C@]2(O)C(=O)C3C(=O)c4c(O)ccc(C#CCCCC#N)c4C[C@@H]3C[C@H]12. The minimum absolute atomic E-state index is 0.0416. The molecule has 3 unspecified atom stereocenters. The molecule has 3 aliphatic carbocycles. The van der Waals surface area contributed by atoms with E-state index in [1.807, 2.05) is 6.07 Å². The molecule has 0 heterocycles. The number of nitrogens with two attached hydrogens (primary N) is 1. The Kier molecular flexibility index (Phi) is 6.95. The first-order valence-electron chi connectivity index (χ1n) is 12.2. The maximum atomic E-state index is 13.8. The number of nitrogens with zero attached hydrogens (tertiary/aromatic N) is 2. The first-order valence-corrected chi connectivity index (χ1v) is 12.2. The van der Waals surface area contributed by atoms with Gasteiger partial charge in [-0.3, -0.25) is 19.2 Å². The number of unbranched alkanes of at least 4 members (excludes halogenated alkanes) is 2. The minimum Gasteiger partial charge on any atom is -0.507 e. The highest BCUT2D eigenvalue weighted by atomic mass is 16.3. The Bertz CT molecular complexity index is 1290. The summed E-state index contributed by atoms with van der Waals surface area (Å²) in [5.74, 6) is -3.39. The third-order valence-corrected chi connectivity index (χ3v) is 7.99. The van der Waals surface area contributed by atoms with Crippen molar-refractivity contribution in [3.63, 3.8) is 0 Å². The average molecular weight is 508 g/mol. The number of phenols is 1. The van der Waals surface area contributed by atoms with Gasteiger partial charge in [-0.25, -0.2) is 0 Å². The van der Waals surface area contributed by atoms with Gasteiger partial charge in [0, 0.05) is 30.4 Å². The number of aliphatic hydroxyl groups excluding tert-OH is 1. The van der Waals surface area contributed by atoms with Crippen molar-refractivity contribution in [3.05, 3.63) is 28.8 Å². The Hall–Kier alpha value is -3.57. The van der Waals surface area contributed by atoms with Crippen molar-refractivity contribution in [2.75, 3.05) is 14.1 Å². The number of Topliss-reactive ketones (excluding diaryl/α,β-unsaturated/α-hetero) is 3. The zero-order chi connectivity index (χ0) is 27.2. The van der Waals surface area contributed by atoms with Crippen molar-refractivity contribution < 1.29 is 34.5 Å². The molecule has 2 saturated carbocycles. The number of ketones is 3. The van der Waals surface area contributed by atoms with Crippen LogP contribution < -0.4 is 5.73 Å². The third kappa shape index (κ3) is 4.02. The molecule has 10 nitrogen and oxygen atoms in total. The number of carbonyl (C=O) groups excluding carboxylic acids is 4. The number of carbonyl (C=O) groups is 4. The number of phenolic OH excluding ortho intramolecular Hbond substituents is 1. The van der Waals surface area contributed by atoms with Gasteiger partial charge in [0.25, 0.3) is 0 Å². The Morgan fingerprint density at radius 2 is 1.92 bits per heavy atom. The van der Waals surface area contributed by atoms with Crippen LogP contribution in [0.15, 0.2) is 12.1 Å². The Morgan fingerprint density at radius 1 is 1.22 bits per heavy atom. The lowest BCUT2D eigenvalue weighted by Gasteiger charge is -2.54. The van der Waals surface area contributed by atoms with Gasteiger partial charge in [-0.15, -0.1) is 0 Å². The van der Waals surface area contributed by atoms with Crippen LogP contribution in [0, 0.1) is 46.8 Å². The average Bonchev–Trinajstić information content (AvgIpc) is 2.82. The quantitative estimate of drug-likeness (QED) is 0.242. The van der Waals surface area contributed by atoms with Crippen molar-refractivity contribution in [1.29, 1.82) is 5.26 Å². The molecule has 1 amide bonds. The number of hydrogen-bond acceptors (Lipinski definition) is 9. The summed E-state index contributed by atoms with van der Waals surface area (Å²) >= 11 is 0. The second kappa shape index (κ2) is 9.71. The van der Waals surface area contributed by atoms with Crippen LogP contribution in [0.25, 0.3) is 0 Å². The Balaban J connectivity index is 1.79. The predicted molar refractivity (Wildman–Crippen MR) is 129 cm³/mol. The van der Waals surface area contributed by atoms with Crippen LogP contribution in [-0.2, 0) is 20.8 Å². The molecule has 4 rings (SSSR count). The molecule has 1 aromatic carbocycles. The summed E-state index contributed by atoms with van der Waals surface area (Å²) in [4.78, 5) is 54.3. The standard InChI is InChI=1S/C27H29N3O7/c1-30(2)21-16-12-14-11-15-13(7-5-3-4-6-10-28)8-9-17(31)19(15)22(32)18(14)24(34)27(16,37)25(35)20(23(21)33)26(29)36/h8-9,14,16,18,20-21,23,31,33,37H,3-4,6,11-12H2,1-2H3,(H2,29,36)/t14-,16-,18?,20?,21-,23?,27-/m1/s1. The number of hydrogen-bond donors (Lipinski definition) is 4. The lowest BCUT2D eigenvalue weighted by atomic mass is 9.52. The molecule has 10 heteroatoms. The summed E-state index contributed by atoms with van der Waals surface area (Å²) in [6, 6.07) is 4.00. The zero-order valence-electron chi connectivity index (χ0n) is 20.6. The number of rotatable bonds is 4. The van der Waals surface area contributed by atoms with Crippen LogP contribution in [0.3, 0.4) is 0 Å². The number of nitriles is 1. The van der Waals surface area contributed by atoms with Gasteiger partial charge in [-0.2, -0.15) is 5.26 Å². The topological polar surface area (TPSA) is 182 Å². The van der Waals surface area contributed by atoms with Crippen LogP contribution in [0.1, 0.15) is 47.2 Å². The highest BCUT2D eigenvalue weighted by Crippen LogP contribution is 2.51. The molecular formula is C27H29N3O7. The fourth-order valence-electron chi connectivity index (χ4n) is 6.35. The number of benzene rings is 1. The number of aliphatic hydroxyl groups is 2. The number of aromatic hydroxyl groups is 1. The van der Waals surface area contributed by atoms with E-state index in [2.05, 4.69) is 11.8 Å². The van der Waals surface area contributed by atoms with E-state index in [4.69, 9.17) is 11.0 Å². The molecule has 0 aromatic heterocycles. The molecule has 2 fully saturated rings. The molecule has 7 atom stereocenters. The molecular weight excluding hydrogens is 478 g/mol. The molecule has 0 aliphatic heterocycles. The van der Waals surface area contributed by atoms with E-state index in [0.29, 0.717) is 30.4 Å². The van der Waals surface area contributed by atoms with E-state index >= 15 is 0 Å². The van der Waals surface area contributed by atoms with Gasteiger partial charge in [-0.05, 0) is 57.0 Å². The number of amides is 1. The highest BCUT2D eigenvalue weighted by Gasteiger charge is 2.69. The van der Waals surface area contributed by atoms with Crippen molar-refractivity contribution in [3.8, 4) is 23.7 Å². The van der Waals surface area contributed by atoms with Gasteiger partial charge >= 0.3 is 0 Å². The lowest BCUT2D eigenvalue weighted by Crippen LogP contribution is -2.75. The molecule has 194 valence electrons. The molecule has 3 aliphatic rings. The fraction of sp³-hybridized carbons (Fsp3) is 0.519. The summed E-state index contributed by atoms with van der Waals surface area (Å²) in [5, 5.41) is 41.7. The van der Waals surface area contributed by atoms with Crippen LogP contribution in [-0.4, -0.2) is 75.3 Å². The van der Waals surface area contributed by atoms with Crippen molar-refractivity contribution >= 4 is 23.3 Å². The van der Waals surface area contributed by atoms with Crippen LogP contribution in [0.2, 0.25) is 0 Å². The Labute approximate surface area is 214 Å². The maximum absolute atomic E-state index is 13.8. The van der Waals surface area contributed by atoms with Gasteiger partial charge < -0.3 is 26.0 Å². The second-order valence-electron chi connectivity index (χ2n) is 10.3. The Morgan fingerprint density at radius 3 is 2.54 bits per heavy atom. The first kappa shape index (κ1) is 26.5. The maximum Gasteiger partial charge on any atom is 0.230 e. The second-order valence-corrected chi connectivity index (χ2v) is 10.3. The molecule has 0 spiro atoms. The third-order valence-electron chi connectivity index (χ3n) is 7.99. The van der Waals surface area contributed by atoms with Crippen molar-refractivity contribution in [2.24, 2.45) is 29.4 Å². The largest absolute Gasteiger partial charge is 0.507 e. The number of fused-ring (bicyclic) bond motifs is 3. The summed E-state index contributed by atoms with van der Waals surface area (Å²) < 4.78 is 0. The van der Waals surface area contributed by atoms with E-state index in [9.17, 15) is 34.5 Å². The number of primary amides is 1. The van der Waals surface area contributed by atoms with E-state index in [1.54, 1.807) is 25.1 Å². The molecule has 5 N–H and O–H groups in total. The monoisotopic (exact) mass is 507 g/mol. The van der Waals surface area contributed by atoms with Crippen molar-refractivity contribution in [2.45, 2.75) is 49.9 Å². The van der Waals surface area contributed by atoms with Gasteiger partial charge in [-0.1, -0.05) is 11.8 Å². The minimum atomic E-state index is -2.68. The van der Waals surface area contributed by atoms with E-state index in [0.717, 1.165) is 0 Å². The lowest BCUT2D eigenvalue weighted by molar-refractivity contribution is -0.190. The zero-order valence-corrected chi connectivity index (χ0v) is 20.6. The molecule has 37 heavy (non-hydrogen) atoms. The fourth-order valence-corrected chi connectivity index (χ4v) is 6.35. The van der Waals surface area contributed by atoms with Crippen LogP contribution >= 0.6 is 0 Å². The van der Waals surface area contributed by atoms with Gasteiger partial charge in [0.15, 0.2) is 23.0 Å². The molecule has 0 bridgehead atoms. The van der Waals surface area contributed by atoms with E-state index < -0.39 is 64.7 Å². The highest BCUT2D eigenvalue weighted by molar-refractivity contribution is 6.25. The first-order chi connectivity index (χ1) is 17.5. The van der Waals surface area contributed by atoms with Crippen molar-refractivity contribution in [1.82, 2.24) is 4.90 Å². The normalized spacial score (nSPS) is 32.5. The number of likely N-dealkylation sites (N-methyl/N-ethyl adjacent to an activating group) is 1. The summed E-state index contributed by atoms with van der Waals surface area (Å²) in [5.41, 5.74) is 3.62. The predicted octanol–water partition coefficient (Wildman–Crippen LogP) is -0.296.